The predicted molar refractivity (Wildman–Crippen MR) is 91.6 cm³/mol. The normalized spacial score (nSPS) is 22.4. The summed E-state index contributed by atoms with van der Waals surface area (Å²) in [5.74, 6) is 0. The van der Waals surface area contributed by atoms with E-state index in [1.807, 2.05) is 19.1 Å². The monoisotopic (exact) mass is 467 g/mol. The summed E-state index contributed by atoms with van der Waals surface area (Å²) < 4.78 is 29.7. The summed E-state index contributed by atoms with van der Waals surface area (Å²) in [5, 5.41) is 0. The molecule has 1 aromatic carbocycles. The van der Waals surface area contributed by atoms with E-state index in [1.165, 1.54) is 0 Å². The van der Waals surface area contributed by atoms with E-state index in [9.17, 15) is 8.42 Å². The lowest BCUT2D eigenvalue weighted by molar-refractivity contribution is 0.163. The maximum atomic E-state index is 12.9. The van der Waals surface area contributed by atoms with E-state index in [4.69, 9.17) is 0 Å². The molecule has 3 rings (SSSR count). The number of sulfonamides is 1. The van der Waals surface area contributed by atoms with Crippen LogP contribution in [0.5, 0.6) is 0 Å². The Morgan fingerprint density at radius 1 is 1.25 bits per heavy atom. The van der Waals surface area contributed by atoms with Crippen LogP contribution in [-0.2, 0) is 10.0 Å². The predicted octanol–water partition coefficient (Wildman–Crippen LogP) is 3.96. The number of hydrogen-bond acceptors (Lipinski definition) is 2. The molecular weight excluding hydrogens is 453 g/mol. The molecule has 1 heterocycles. The minimum atomic E-state index is -3.43. The molecule has 0 amide bonds. The molecule has 1 aromatic rings. The van der Waals surface area contributed by atoms with Crippen molar-refractivity contribution < 1.29 is 8.42 Å². The largest absolute Gasteiger partial charge is 0.244 e. The van der Waals surface area contributed by atoms with Crippen molar-refractivity contribution in [1.82, 2.24) is 4.31 Å². The zero-order valence-electron chi connectivity index (χ0n) is 11.1. The minimum absolute atomic E-state index is 0.289. The molecule has 20 heavy (non-hydrogen) atoms. The first kappa shape index (κ1) is 15.0. The van der Waals surface area contributed by atoms with Crippen LogP contribution in [0.3, 0.4) is 0 Å². The molecule has 0 radical (unpaired) electrons. The molecule has 0 saturated heterocycles. The van der Waals surface area contributed by atoms with Crippen molar-refractivity contribution in [3.63, 3.8) is 0 Å². The first-order valence-electron chi connectivity index (χ1n) is 6.52. The fourth-order valence-corrected chi connectivity index (χ4v) is 6.56. The van der Waals surface area contributed by atoms with E-state index in [2.05, 4.69) is 38.5 Å². The van der Waals surface area contributed by atoms with Crippen LogP contribution in [-0.4, -0.2) is 24.8 Å². The van der Waals surface area contributed by atoms with Gasteiger partial charge in [0.1, 0.15) is 0 Å². The third-order valence-corrected chi connectivity index (χ3v) is 9.17. The Bertz CT molecular complexity index is 678. The molecule has 2 aliphatic rings. The van der Waals surface area contributed by atoms with Crippen LogP contribution in [0.15, 0.2) is 37.2 Å². The molecule has 1 aliphatic carbocycles. The van der Waals surface area contributed by atoms with Crippen LogP contribution >= 0.6 is 38.5 Å². The van der Waals surface area contributed by atoms with Crippen LogP contribution in [0.1, 0.15) is 24.8 Å². The number of hydrogen-bond donors (Lipinski definition) is 0. The van der Waals surface area contributed by atoms with Crippen molar-refractivity contribution in [3.05, 3.63) is 37.9 Å². The average Bonchev–Trinajstić information content (AvgIpc) is 2.63. The summed E-state index contributed by atoms with van der Waals surface area (Å²) in [4.78, 5) is 0.390. The van der Waals surface area contributed by atoms with Gasteiger partial charge in [0.25, 0.3) is 0 Å². The third-order valence-electron chi connectivity index (χ3n) is 4.20. The fourth-order valence-electron chi connectivity index (χ4n) is 2.84. The third kappa shape index (κ3) is 2.10. The van der Waals surface area contributed by atoms with Gasteiger partial charge in [-0.25, -0.2) is 8.42 Å². The summed E-state index contributed by atoms with van der Waals surface area (Å²) >= 11 is 5.83. The highest BCUT2D eigenvalue weighted by molar-refractivity contribution is 14.1. The number of rotatable bonds is 2. The van der Waals surface area contributed by atoms with E-state index >= 15 is 0 Å². The first-order valence-corrected chi connectivity index (χ1v) is 9.83. The van der Waals surface area contributed by atoms with Gasteiger partial charge in [-0.1, -0.05) is 33.6 Å². The number of halogens is 2. The van der Waals surface area contributed by atoms with Crippen LogP contribution in [0, 0.1) is 6.92 Å². The first-order chi connectivity index (χ1) is 9.38. The summed E-state index contributed by atoms with van der Waals surface area (Å²) in [7, 11) is -3.43. The van der Waals surface area contributed by atoms with Crippen molar-refractivity contribution in [2.24, 2.45) is 0 Å². The molecule has 1 saturated carbocycles. The van der Waals surface area contributed by atoms with Gasteiger partial charge >= 0.3 is 0 Å². The van der Waals surface area contributed by atoms with Crippen LogP contribution in [0.25, 0.3) is 0 Å². The molecule has 0 atom stereocenters. The van der Waals surface area contributed by atoms with Crippen molar-refractivity contribution in [2.75, 3.05) is 6.54 Å². The van der Waals surface area contributed by atoms with Crippen LogP contribution in [0.4, 0.5) is 0 Å². The van der Waals surface area contributed by atoms with Gasteiger partial charge in [0.15, 0.2) is 0 Å². The molecule has 0 aromatic heterocycles. The zero-order valence-corrected chi connectivity index (χ0v) is 15.6. The molecule has 108 valence electrons. The summed E-state index contributed by atoms with van der Waals surface area (Å²) in [5.41, 5.74) is 0.779. The Kier molecular flexibility index (Phi) is 3.80. The lowest BCUT2D eigenvalue weighted by Gasteiger charge is -2.45. The Labute approximate surface area is 141 Å². The number of nitrogens with zero attached hydrogens (tertiary/aromatic N) is 1. The number of aryl methyl sites for hydroxylation is 1. The molecule has 6 heteroatoms. The lowest BCUT2D eigenvalue weighted by Crippen LogP contribution is -2.53. The van der Waals surface area contributed by atoms with Crippen molar-refractivity contribution in [2.45, 2.75) is 36.6 Å². The highest BCUT2D eigenvalue weighted by atomic mass is 127. The van der Waals surface area contributed by atoms with E-state index in [0.29, 0.717) is 11.4 Å². The lowest BCUT2D eigenvalue weighted by atomic mass is 9.78. The fraction of sp³-hybridized carbons (Fsp3) is 0.429. The van der Waals surface area contributed by atoms with Gasteiger partial charge in [0.05, 0.1) is 10.4 Å². The molecule has 0 N–H and O–H groups in total. The molecule has 0 bridgehead atoms. The topological polar surface area (TPSA) is 37.4 Å². The van der Waals surface area contributed by atoms with Gasteiger partial charge in [-0.05, 0) is 60.9 Å². The average molecular weight is 468 g/mol. The maximum absolute atomic E-state index is 12.9. The Balaban J connectivity index is 2.03. The van der Waals surface area contributed by atoms with Crippen molar-refractivity contribution in [3.8, 4) is 0 Å². The van der Waals surface area contributed by atoms with Crippen molar-refractivity contribution >= 4 is 48.5 Å². The second-order valence-corrected chi connectivity index (χ2v) is 9.33. The Morgan fingerprint density at radius 2 is 1.85 bits per heavy atom. The van der Waals surface area contributed by atoms with Gasteiger partial charge in [-0.15, -0.1) is 0 Å². The summed E-state index contributed by atoms with van der Waals surface area (Å²) in [6, 6.07) is 7.11. The highest BCUT2D eigenvalue weighted by Crippen LogP contribution is 2.54. The molecule has 3 nitrogen and oxygen atoms in total. The molecule has 1 spiro atoms. The van der Waals surface area contributed by atoms with E-state index < -0.39 is 10.0 Å². The smallest absolute Gasteiger partial charge is 0.207 e. The Hall–Kier alpha value is 0.0800. The van der Waals surface area contributed by atoms with E-state index in [-0.39, 0.29) is 5.54 Å². The van der Waals surface area contributed by atoms with Gasteiger partial charge in [-0.3, -0.25) is 0 Å². The quantitative estimate of drug-likeness (QED) is 0.617. The summed E-state index contributed by atoms with van der Waals surface area (Å²) in [6.07, 6.45) is 2.93. The zero-order chi connectivity index (χ0) is 14.5. The second-order valence-electron chi connectivity index (χ2n) is 5.43. The SMILES string of the molecule is Cc1ccc(S(=O)(=O)N2CC(Br)=C(I)C23CCC3)cc1. The standard InChI is InChI=1S/C14H15BrINO2S/c1-10-3-5-11(6-4-10)20(18,19)17-9-12(15)13(16)14(17)7-2-8-14/h3-6H,2,7-9H2,1H3. The van der Waals surface area contributed by atoms with Gasteiger partial charge < -0.3 is 0 Å². The van der Waals surface area contributed by atoms with Crippen LogP contribution in [0.2, 0.25) is 0 Å². The molecule has 0 unspecified atom stereocenters. The van der Waals surface area contributed by atoms with Gasteiger partial charge in [-0.2, -0.15) is 4.31 Å². The highest BCUT2D eigenvalue weighted by Gasteiger charge is 2.54. The maximum Gasteiger partial charge on any atom is 0.244 e. The molecule has 1 aliphatic heterocycles. The van der Waals surface area contributed by atoms with E-state index in [0.717, 1.165) is 32.9 Å². The summed E-state index contributed by atoms with van der Waals surface area (Å²) in [6.45, 7) is 2.41. The van der Waals surface area contributed by atoms with Crippen LogP contribution < -0.4 is 0 Å². The second kappa shape index (κ2) is 5.07. The van der Waals surface area contributed by atoms with Gasteiger partial charge in [0.2, 0.25) is 10.0 Å². The minimum Gasteiger partial charge on any atom is -0.207 e. The van der Waals surface area contributed by atoms with Crippen molar-refractivity contribution in [1.29, 1.82) is 0 Å². The Morgan fingerprint density at radius 3 is 2.35 bits per heavy atom. The van der Waals surface area contributed by atoms with Gasteiger partial charge in [0, 0.05) is 14.6 Å². The van der Waals surface area contributed by atoms with E-state index in [1.54, 1.807) is 16.4 Å². The number of benzene rings is 1. The molecular formula is C14H15BrINO2S. The molecule has 1 fully saturated rings.